The molecule has 0 fully saturated rings. The first-order valence-electron chi connectivity index (χ1n) is 10.1. The highest BCUT2D eigenvalue weighted by Crippen LogP contribution is 2.22. The number of benzene rings is 2. The van der Waals surface area contributed by atoms with Gasteiger partial charge in [-0.1, -0.05) is 23.9 Å². The van der Waals surface area contributed by atoms with Gasteiger partial charge in [-0.3, -0.25) is 9.59 Å². The Balaban J connectivity index is 1.54. The molecule has 2 aromatic carbocycles. The van der Waals surface area contributed by atoms with Gasteiger partial charge in [0.25, 0.3) is 5.91 Å². The van der Waals surface area contributed by atoms with Crippen molar-refractivity contribution in [3.63, 3.8) is 0 Å². The van der Waals surface area contributed by atoms with E-state index in [2.05, 4.69) is 15.6 Å². The number of carbonyl (C=O) groups is 3. The average Bonchev–Trinajstić information content (AvgIpc) is 2.81. The number of esters is 1. The molecule has 1 aromatic heterocycles. The molecule has 176 valence electrons. The lowest BCUT2D eigenvalue weighted by atomic mass is 10.2. The Bertz CT molecular complexity index is 1240. The number of thioether (sulfide) groups is 1. The summed E-state index contributed by atoms with van der Waals surface area (Å²) < 4.78 is 32.3. The quantitative estimate of drug-likeness (QED) is 0.360. The second kappa shape index (κ2) is 11.4. The third kappa shape index (κ3) is 6.85. The third-order valence-electron chi connectivity index (χ3n) is 4.58. The van der Waals surface area contributed by atoms with E-state index in [0.29, 0.717) is 16.8 Å². The van der Waals surface area contributed by atoms with Crippen LogP contribution in [0.4, 0.5) is 20.2 Å². The number of halogens is 2. The third-order valence-corrected chi connectivity index (χ3v) is 5.58. The molecule has 0 spiro atoms. The van der Waals surface area contributed by atoms with Crippen molar-refractivity contribution in [1.29, 1.82) is 0 Å². The highest BCUT2D eigenvalue weighted by molar-refractivity contribution is 8.00. The van der Waals surface area contributed by atoms with Crippen LogP contribution in [-0.4, -0.2) is 35.1 Å². The van der Waals surface area contributed by atoms with E-state index in [0.717, 1.165) is 11.8 Å². The summed E-state index contributed by atoms with van der Waals surface area (Å²) in [6.07, 6.45) is 1.45. The molecule has 0 bridgehead atoms. The number of rotatable bonds is 8. The molecule has 0 aliphatic heterocycles. The number of pyridine rings is 1. The number of anilines is 2. The zero-order valence-electron chi connectivity index (χ0n) is 18.4. The topological polar surface area (TPSA) is 97.4 Å². The first kappa shape index (κ1) is 24.8. The summed E-state index contributed by atoms with van der Waals surface area (Å²) in [5, 5.41) is 5.26. The Labute approximate surface area is 198 Å². The predicted molar refractivity (Wildman–Crippen MR) is 125 cm³/mol. The molecule has 1 heterocycles. The number of ether oxygens (including phenoxy) is 1. The Kier molecular flexibility index (Phi) is 8.31. The largest absolute Gasteiger partial charge is 0.452 e. The Morgan fingerprint density at radius 2 is 1.50 bits per heavy atom. The van der Waals surface area contributed by atoms with Gasteiger partial charge < -0.3 is 15.4 Å². The molecular weight excluding hydrogens is 464 g/mol. The highest BCUT2D eigenvalue weighted by Gasteiger charge is 2.17. The number of aromatic nitrogens is 1. The van der Waals surface area contributed by atoms with Crippen molar-refractivity contribution in [2.45, 2.75) is 18.9 Å². The van der Waals surface area contributed by atoms with Gasteiger partial charge in [-0.2, -0.15) is 0 Å². The molecule has 0 saturated carbocycles. The molecule has 0 radical (unpaired) electrons. The van der Waals surface area contributed by atoms with Crippen molar-refractivity contribution >= 4 is 40.9 Å². The van der Waals surface area contributed by atoms with Gasteiger partial charge in [-0.25, -0.2) is 18.6 Å². The van der Waals surface area contributed by atoms with Crippen molar-refractivity contribution in [3.8, 4) is 0 Å². The summed E-state index contributed by atoms with van der Waals surface area (Å²) >= 11 is 0.990. The minimum Gasteiger partial charge on any atom is -0.452 e. The lowest BCUT2D eigenvalue weighted by Gasteiger charge is -2.10. The number of nitrogens with zero attached hydrogens (tertiary/aromatic N) is 1. The van der Waals surface area contributed by atoms with E-state index in [1.807, 2.05) is 0 Å². The summed E-state index contributed by atoms with van der Waals surface area (Å²) in [7, 11) is 0. The number of aryl methyl sites for hydroxylation is 2. The molecule has 0 atom stereocenters. The Morgan fingerprint density at radius 1 is 0.912 bits per heavy atom. The number of carbonyl (C=O) groups excluding carboxylic acids is 3. The Hall–Kier alpha value is -3.79. The molecular formula is C24H21F2N3O4S. The summed E-state index contributed by atoms with van der Waals surface area (Å²) in [6, 6.07) is 11.5. The van der Waals surface area contributed by atoms with E-state index in [1.54, 1.807) is 26.0 Å². The summed E-state index contributed by atoms with van der Waals surface area (Å²) in [6.45, 7) is 2.62. The van der Waals surface area contributed by atoms with Crippen molar-refractivity contribution in [2.75, 3.05) is 23.0 Å². The van der Waals surface area contributed by atoms with Gasteiger partial charge in [0.05, 0.1) is 11.3 Å². The second-order valence-electron chi connectivity index (χ2n) is 7.25. The normalized spacial score (nSPS) is 10.5. The molecule has 10 heteroatoms. The molecule has 3 rings (SSSR count). The highest BCUT2D eigenvalue weighted by atomic mass is 32.2. The van der Waals surface area contributed by atoms with Gasteiger partial charge in [0.1, 0.15) is 16.7 Å². The number of hydrogen-bond acceptors (Lipinski definition) is 6. The van der Waals surface area contributed by atoms with E-state index in [9.17, 15) is 23.2 Å². The van der Waals surface area contributed by atoms with Crippen LogP contribution in [0.25, 0.3) is 0 Å². The lowest BCUT2D eigenvalue weighted by molar-refractivity contribution is -0.119. The summed E-state index contributed by atoms with van der Waals surface area (Å²) in [5.74, 6) is -2.85. The van der Waals surface area contributed by atoms with E-state index in [4.69, 9.17) is 4.74 Å². The summed E-state index contributed by atoms with van der Waals surface area (Å²) in [4.78, 5) is 40.8. The molecule has 2 amide bonds. The molecule has 0 aliphatic rings. The zero-order valence-corrected chi connectivity index (χ0v) is 19.2. The maximum atomic E-state index is 13.6. The van der Waals surface area contributed by atoms with Crippen LogP contribution in [0.1, 0.15) is 21.5 Å². The van der Waals surface area contributed by atoms with Crippen LogP contribution in [0.15, 0.2) is 59.8 Å². The molecule has 0 aliphatic carbocycles. The SMILES string of the molecule is Cc1ccc(NC(=O)COC(=O)c2cccnc2SCC(=O)Nc2ccc(C)c(F)c2)cc1F. The van der Waals surface area contributed by atoms with Gasteiger partial charge in [-0.15, -0.1) is 0 Å². The van der Waals surface area contributed by atoms with Crippen molar-refractivity contribution in [1.82, 2.24) is 4.98 Å². The molecule has 0 saturated heterocycles. The lowest BCUT2D eigenvalue weighted by Crippen LogP contribution is -2.21. The molecule has 7 nitrogen and oxygen atoms in total. The maximum Gasteiger partial charge on any atom is 0.341 e. The van der Waals surface area contributed by atoms with Crippen LogP contribution in [0.5, 0.6) is 0 Å². The minimum absolute atomic E-state index is 0.0795. The van der Waals surface area contributed by atoms with Crippen LogP contribution in [-0.2, 0) is 14.3 Å². The van der Waals surface area contributed by atoms with Crippen LogP contribution >= 0.6 is 11.8 Å². The van der Waals surface area contributed by atoms with Gasteiger partial charge in [-0.05, 0) is 61.4 Å². The Morgan fingerprint density at radius 3 is 2.09 bits per heavy atom. The predicted octanol–water partition coefficient (Wildman–Crippen LogP) is 4.50. The van der Waals surface area contributed by atoms with E-state index in [1.165, 1.54) is 42.6 Å². The van der Waals surface area contributed by atoms with Crippen LogP contribution < -0.4 is 10.6 Å². The second-order valence-corrected chi connectivity index (χ2v) is 8.21. The van der Waals surface area contributed by atoms with Crippen molar-refractivity contribution in [2.24, 2.45) is 0 Å². The van der Waals surface area contributed by atoms with Gasteiger partial charge in [0.2, 0.25) is 5.91 Å². The van der Waals surface area contributed by atoms with E-state index >= 15 is 0 Å². The number of hydrogen-bond donors (Lipinski definition) is 2. The molecule has 34 heavy (non-hydrogen) atoms. The van der Waals surface area contributed by atoms with Crippen LogP contribution in [0.2, 0.25) is 0 Å². The number of nitrogens with one attached hydrogen (secondary N) is 2. The van der Waals surface area contributed by atoms with Crippen molar-refractivity contribution < 1.29 is 27.9 Å². The summed E-state index contributed by atoms with van der Waals surface area (Å²) in [5.41, 5.74) is 1.53. The van der Waals surface area contributed by atoms with Gasteiger partial charge in [0.15, 0.2) is 6.61 Å². The fourth-order valence-electron chi connectivity index (χ4n) is 2.74. The smallest absolute Gasteiger partial charge is 0.341 e. The number of amides is 2. The first-order valence-corrected chi connectivity index (χ1v) is 11.1. The average molecular weight is 486 g/mol. The monoisotopic (exact) mass is 485 g/mol. The molecule has 0 unspecified atom stereocenters. The van der Waals surface area contributed by atoms with Gasteiger partial charge in [0, 0.05) is 17.6 Å². The van der Waals surface area contributed by atoms with E-state index < -0.39 is 36.0 Å². The fraction of sp³-hybridized carbons (Fsp3) is 0.167. The standard InChI is InChI=1S/C24H21F2N3O4S/c1-14-5-7-16(10-19(14)25)28-21(30)12-33-24(32)18-4-3-9-27-23(18)34-13-22(31)29-17-8-6-15(2)20(26)11-17/h3-11H,12-13H2,1-2H3,(H,28,30)(H,29,31). The van der Waals surface area contributed by atoms with Crippen LogP contribution in [0, 0.1) is 25.5 Å². The maximum absolute atomic E-state index is 13.6. The van der Waals surface area contributed by atoms with Crippen molar-refractivity contribution in [3.05, 3.63) is 83.1 Å². The first-order chi connectivity index (χ1) is 16.2. The molecule has 3 aromatic rings. The minimum atomic E-state index is -0.804. The van der Waals surface area contributed by atoms with E-state index in [-0.39, 0.29) is 22.0 Å². The molecule has 2 N–H and O–H groups in total. The van der Waals surface area contributed by atoms with Crippen LogP contribution in [0.3, 0.4) is 0 Å². The van der Waals surface area contributed by atoms with Gasteiger partial charge >= 0.3 is 5.97 Å². The zero-order chi connectivity index (χ0) is 24.7. The fourth-order valence-corrected chi connectivity index (χ4v) is 3.52.